The van der Waals surface area contributed by atoms with Gasteiger partial charge < -0.3 is 10.4 Å². The fourth-order valence-corrected chi connectivity index (χ4v) is 3.46. The highest BCUT2D eigenvalue weighted by molar-refractivity contribution is 7.92. The normalized spacial score (nSPS) is 21.1. The van der Waals surface area contributed by atoms with Crippen LogP contribution < -0.4 is 10.0 Å². The molecule has 1 aliphatic rings. The number of carboxylic acid groups (broad SMARTS) is 1. The zero-order chi connectivity index (χ0) is 17.9. The quantitative estimate of drug-likeness (QED) is 0.745. The van der Waals surface area contributed by atoms with Crippen molar-refractivity contribution in [3.8, 4) is 0 Å². The van der Waals surface area contributed by atoms with Gasteiger partial charge in [0.25, 0.3) is 5.91 Å². The van der Waals surface area contributed by atoms with Gasteiger partial charge >= 0.3 is 5.97 Å². The number of aliphatic carboxylic acids is 1. The van der Waals surface area contributed by atoms with E-state index < -0.39 is 16.0 Å². The highest BCUT2D eigenvalue weighted by Gasteiger charge is 2.27. The molecule has 1 fully saturated rings. The average Bonchev–Trinajstić information content (AvgIpc) is 2.48. The van der Waals surface area contributed by atoms with Gasteiger partial charge in [0.2, 0.25) is 10.0 Å². The lowest BCUT2D eigenvalue weighted by Gasteiger charge is -2.27. The van der Waals surface area contributed by atoms with Crippen LogP contribution in [-0.2, 0) is 14.8 Å². The number of benzene rings is 1. The van der Waals surface area contributed by atoms with Gasteiger partial charge in [0.05, 0.1) is 23.4 Å². The Balaban J connectivity index is 2.10. The molecule has 1 amide bonds. The van der Waals surface area contributed by atoms with E-state index in [4.69, 9.17) is 5.11 Å². The summed E-state index contributed by atoms with van der Waals surface area (Å²) in [5.74, 6) is -1.50. The summed E-state index contributed by atoms with van der Waals surface area (Å²) in [6.07, 6.45) is 3.29. The second-order valence-corrected chi connectivity index (χ2v) is 8.03. The maximum atomic E-state index is 12.5. The van der Waals surface area contributed by atoms with Crippen LogP contribution in [0.1, 0.15) is 41.6 Å². The predicted octanol–water partition coefficient (Wildman–Crippen LogP) is 1.74. The minimum atomic E-state index is -3.49. The molecule has 1 aliphatic carbocycles. The monoisotopic (exact) mass is 354 g/mol. The Bertz CT molecular complexity index is 737. The van der Waals surface area contributed by atoms with E-state index in [0.29, 0.717) is 25.7 Å². The van der Waals surface area contributed by atoms with E-state index in [1.165, 1.54) is 0 Å². The molecule has 1 saturated carbocycles. The number of hydrogen-bond donors (Lipinski definition) is 3. The van der Waals surface area contributed by atoms with Crippen LogP contribution in [0.15, 0.2) is 18.2 Å². The van der Waals surface area contributed by atoms with Gasteiger partial charge in [-0.15, -0.1) is 0 Å². The molecule has 8 heteroatoms. The molecular weight excluding hydrogens is 332 g/mol. The summed E-state index contributed by atoms with van der Waals surface area (Å²) in [5, 5.41) is 11.9. The average molecular weight is 354 g/mol. The highest BCUT2D eigenvalue weighted by atomic mass is 32.2. The SMILES string of the molecule is Cc1ccc(NS(C)(=O)=O)c(C(=O)NC2CCC(C(=O)O)CC2)c1. The van der Waals surface area contributed by atoms with E-state index in [-0.39, 0.29) is 29.1 Å². The van der Waals surface area contributed by atoms with Crippen LogP contribution in [0.2, 0.25) is 0 Å². The Hall–Kier alpha value is -2.09. The van der Waals surface area contributed by atoms with Crippen LogP contribution in [0.5, 0.6) is 0 Å². The van der Waals surface area contributed by atoms with Crippen molar-refractivity contribution in [3.63, 3.8) is 0 Å². The Labute approximate surface area is 141 Å². The summed E-state index contributed by atoms with van der Waals surface area (Å²) in [5.41, 5.74) is 1.34. The molecular formula is C16H22N2O5S. The van der Waals surface area contributed by atoms with E-state index >= 15 is 0 Å². The molecule has 132 valence electrons. The van der Waals surface area contributed by atoms with Gasteiger partial charge in [-0.3, -0.25) is 14.3 Å². The largest absolute Gasteiger partial charge is 0.481 e. The number of hydrogen-bond acceptors (Lipinski definition) is 4. The molecule has 3 N–H and O–H groups in total. The lowest BCUT2D eigenvalue weighted by atomic mass is 9.86. The highest BCUT2D eigenvalue weighted by Crippen LogP contribution is 2.25. The van der Waals surface area contributed by atoms with Crippen LogP contribution in [0.25, 0.3) is 0 Å². The number of nitrogens with one attached hydrogen (secondary N) is 2. The van der Waals surface area contributed by atoms with Crippen molar-refractivity contribution < 1.29 is 23.1 Å². The number of aryl methyl sites for hydroxylation is 1. The number of carbonyl (C=O) groups is 2. The molecule has 0 spiro atoms. The number of carbonyl (C=O) groups excluding carboxylic acids is 1. The van der Waals surface area contributed by atoms with Crippen molar-refractivity contribution in [2.45, 2.75) is 38.6 Å². The molecule has 2 rings (SSSR count). The summed E-state index contributed by atoms with van der Waals surface area (Å²) in [4.78, 5) is 23.5. The lowest BCUT2D eigenvalue weighted by molar-refractivity contribution is -0.142. The molecule has 24 heavy (non-hydrogen) atoms. The van der Waals surface area contributed by atoms with Gasteiger partial charge in [-0.25, -0.2) is 8.42 Å². The Morgan fingerprint density at radius 3 is 2.33 bits per heavy atom. The number of anilines is 1. The van der Waals surface area contributed by atoms with Gasteiger partial charge in [-0.1, -0.05) is 11.6 Å². The van der Waals surface area contributed by atoms with Crippen molar-refractivity contribution in [2.75, 3.05) is 11.0 Å². The Kier molecular flexibility index (Phi) is 5.48. The fraction of sp³-hybridized carbons (Fsp3) is 0.500. The molecule has 0 radical (unpaired) electrons. The van der Waals surface area contributed by atoms with Gasteiger partial charge in [0.15, 0.2) is 0 Å². The third kappa shape index (κ3) is 4.95. The van der Waals surface area contributed by atoms with Crippen molar-refractivity contribution in [2.24, 2.45) is 5.92 Å². The van der Waals surface area contributed by atoms with E-state index in [2.05, 4.69) is 10.0 Å². The zero-order valence-electron chi connectivity index (χ0n) is 13.7. The number of rotatable bonds is 5. The first-order valence-electron chi connectivity index (χ1n) is 7.78. The van der Waals surface area contributed by atoms with Crippen molar-refractivity contribution >= 4 is 27.6 Å². The summed E-state index contributed by atoms with van der Waals surface area (Å²) >= 11 is 0. The number of amides is 1. The van der Waals surface area contributed by atoms with Gasteiger partial charge in [-0.05, 0) is 44.7 Å². The molecule has 7 nitrogen and oxygen atoms in total. The minimum Gasteiger partial charge on any atom is -0.481 e. The van der Waals surface area contributed by atoms with E-state index in [1.54, 1.807) is 18.2 Å². The summed E-state index contributed by atoms with van der Waals surface area (Å²) in [7, 11) is -3.49. The maximum Gasteiger partial charge on any atom is 0.306 e. The molecule has 0 unspecified atom stereocenters. The molecule has 0 saturated heterocycles. The van der Waals surface area contributed by atoms with Crippen molar-refractivity contribution in [1.82, 2.24) is 5.32 Å². The van der Waals surface area contributed by atoms with Crippen LogP contribution in [0.4, 0.5) is 5.69 Å². The zero-order valence-corrected chi connectivity index (χ0v) is 14.5. The summed E-state index contributed by atoms with van der Waals surface area (Å²) in [6.45, 7) is 1.82. The maximum absolute atomic E-state index is 12.5. The first kappa shape index (κ1) is 18.3. The molecule has 1 aromatic carbocycles. The van der Waals surface area contributed by atoms with Gasteiger partial charge in [-0.2, -0.15) is 0 Å². The van der Waals surface area contributed by atoms with E-state index in [1.807, 2.05) is 6.92 Å². The van der Waals surface area contributed by atoms with Gasteiger partial charge in [0, 0.05) is 6.04 Å². The van der Waals surface area contributed by atoms with E-state index in [0.717, 1.165) is 11.8 Å². The fourth-order valence-electron chi connectivity index (χ4n) is 2.88. The Morgan fingerprint density at radius 2 is 1.79 bits per heavy atom. The predicted molar refractivity (Wildman–Crippen MR) is 90.5 cm³/mol. The van der Waals surface area contributed by atoms with Crippen LogP contribution in [0, 0.1) is 12.8 Å². The van der Waals surface area contributed by atoms with E-state index in [9.17, 15) is 18.0 Å². The second-order valence-electron chi connectivity index (χ2n) is 6.28. The van der Waals surface area contributed by atoms with Crippen LogP contribution in [-0.4, -0.2) is 37.7 Å². The Morgan fingerprint density at radius 1 is 1.17 bits per heavy atom. The van der Waals surface area contributed by atoms with Crippen LogP contribution >= 0.6 is 0 Å². The lowest BCUT2D eigenvalue weighted by Crippen LogP contribution is -2.39. The third-order valence-electron chi connectivity index (χ3n) is 4.13. The van der Waals surface area contributed by atoms with Crippen molar-refractivity contribution in [3.05, 3.63) is 29.3 Å². The smallest absolute Gasteiger partial charge is 0.306 e. The van der Waals surface area contributed by atoms with Crippen LogP contribution in [0.3, 0.4) is 0 Å². The third-order valence-corrected chi connectivity index (χ3v) is 4.72. The van der Waals surface area contributed by atoms with Crippen molar-refractivity contribution in [1.29, 1.82) is 0 Å². The summed E-state index contributed by atoms with van der Waals surface area (Å²) in [6, 6.07) is 4.82. The van der Waals surface area contributed by atoms with Gasteiger partial charge in [0.1, 0.15) is 0 Å². The molecule has 0 atom stereocenters. The molecule has 0 bridgehead atoms. The molecule has 0 aromatic heterocycles. The summed E-state index contributed by atoms with van der Waals surface area (Å²) < 4.78 is 25.3. The topological polar surface area (TPSA) is 113 Å². The number of sulfonamides is 1. The standard InChI is InChI=1S/C16H22N2O5S/c1-10-3-8-14(18-24(2,22)23)13(9-10)15(19)17-12-6-4-11(5-7-12)16(20)21/h3,8-9,11-12,18H,4-7H2,1-2H3,(H,17,19)(H,20,21). The first-order chi connectivity index (χ1) is 11.2. The molecule has 0 heterocycles. The number of carboxylic acids is 1. The molecule has 0 aliphatic heterocycles. The second kappa shape index (κ2) is 7.21. The molecule has 1 aromatic rings. The first-order valence-corrected chi connectivity index (χ1v) is 9.67. The minimum absolute atomic E-state index is 0.0975.